The molecule has 0 saturated heterocycles. The molecular formula is C23H24Cl2FN5O3. The highest BCUT2D eigenvalue weighted by Gasteiger charge is 2.24. The molecule has 1 aromatic carbocycles. The minimum Gasteiger partial charge on any atom is -0.339 e. The quantitative estimate of drug-likeness (QED) is 0.378. The molecule has 8 nitrogen and oxygen atoms in total. The smallest absolute Gasteiger partial charge is 0.332 e. The molecule has 0 fully saturated rings. The summed E-state index contributed by atoms with van der Waals surface area (Å²) >= 11 is 12.1. The van der Waals surface area contributed by atoms with Crippen molar-refractivity contribution in [2.45, 2.75) is 65.0 Å². The molecule has 0 radical (unpaired) electrons. The van der Waals surface area contributed by atoms with Crippen molar-refractivity contribution >= 4 is 34.2 Å². The summed E-state index contributed by atoms with van der Waals surface area (Å²) in [5, 5.41) is 4.55. The molecule has 0 amide bonds. The van der Waals surface area contributed by atoms with Crippen LogP contribution < -0.4 is 11.2 Å². The Hall–Kier alpha value is -2.78. The van der Waals surface area contributed by atoms with Gasteiger partial charge in [-0.05, 0) is 30.5 Å². The molecule has 11 heteroatoms. The molecule has 34 heavy (non-hydrogen) atoms. The highest BCUT2D eigenvalue weighted by molar-refractivity contribution is 6.66. The van der Waals surface area contributed by atoms with Crippen LogP contribution in [-0.2, 0) is 32.4 Å². The molecule has 1 aliphatic rings. The predicted octanol–water partition coefficient (Wildman–Crippen LogP) is 4.42. The highest BCUT2D eigenvalue weighted by Crippen LogP contribution is 2.24. The molecule has 180 valence electrons. The number of unbranched alkanes of at least 4 members (excludes halogenated alkanes) is 2. The van der Waals surface area contributed by atoms with Crippen LogP contribution in [0.3, 0.4) is 0 Å². The minimum absolute atomic E-state index is 0.206. The first-order chi connectivity index (χ1) is 16.4. The van der Waals surface area contributed by atoms with Gasteiger partial charge in [0.05, 0.1) is 5.56 Å². The van der Waals surface area contributed by atoms with Crippen LogP contribution in [0.5, 0.6) is 0 Å². The van der Waals surface area contributed by atoms with E-state index in [2.05, 4.69) is 22.1 Å². The number of fused-ring (bicyclic) bond motifs is 1. The second-order valence-corrected chi connectivity index (χ2v) is 9.03. The zero-order valence-corrected chi connectivity index (χ0v) is 20.2. The van der Waals surface area contributed by atoms with Crippen molar-refractivity contribution in [3.05, 3.63) is 72.7 Å². The average molecular weight is 508 g/mol. The molecule has 1 aliphatic heterocycles. The van der Waals surface area contributed by atoms with Gasteiger partial charge in [-0.25, -0.2) is 14.2 Å². The number of benzene rings is 1. The fraction of sp³-hybridized carbons (Fsp3) is 0.435. The molecule has 3 heterocycles. The standard InChI is InChI=1S/C23H24Cl2FN5O3/c1-2-3-4-9-30-21-16(13-18(25)27-21)22(32)31(23(30)33)10-5-6-20-28-19(29-34-20)11-14-7-8-15(26)12-17(14)24/h7-8,12H,2-6,9-11,13H2,1H3. The van der Waals surface area contributed by atoms with E-state index in [9.17, 15) is 14.0 Å². The number of nitrogens with zero attached hydrogens (tertiary/aromatic N) is 5. The molecule has 0 aliphatic carbocycles. The second-order valence-electron chi connectivity index (χ2n) is 8.19. The Kier molecular flexibility index (Phi) is 7.63. The number of aromatic nitrogens is 4. The van der Waals surface area contributed by atoms with Gasteiger partial charge in [-0.1, -0.05) is 54.2 Å². The van der Waals surface area contributed by atoms with Gasteiger partial charge in [0.25, 0.3) is 5.56 Å². The van der Waals surface area contributed by atoms with E-state index in [-0.39, 0.29) is 24.2 Å². The Balaban J connectivity index is 1.45. The first-order valence-electron chi connectivity index (χ1n) is 11.2. The summed E-state index contributed by atoms with van der Waals surface area (Å²) in [5.74, 6) is 0.774. The van der Waals surface area contributed by atoms with E-state index < -0.39 is 5.82 Å². The van der Waals surface area contributed by atoms with Crippen LogP contribution in [0.25, 0.3) is 0 Å². The van der Waals surface area contributed by atoms with Crippen LogP contribution in [0, 0.1) is 5.82 Å². The lowest BCUT2D eigenvalue weighted by molar-refractivity contribution is 0.366. The van der Waals surface area contributed by atoms with E-state index in [1.54, 1.807) is 10.6 Å². The first kappa shape index (κ1) is 24.3. The topological polar surface area (TPSA) is 95.3 Å². The van der Waals surface area contributed by atoms with Crippen LogP contribution in [-0.4, -0.2) is 24.4 Å². The normalized spacial score (nSPS) is 12.8. The monoisotopic (exact) mass is 507 g/mol. The lowest BCUT2D eigenvalue weighted by Gasteiger charge is -2.13. The van der Waals surface area contributed by atoms with Crippen LogP contribution in [0.1, 0.15) is 55.4 Å². The van der Waals surface area contributed by atoms with Crippen LogP contribution >= 0.6 is 23.2 Å². The molecule has 3 aromatic rings. The SMILES string of the molecule is CCCCCn1c2c(c(=O)n(CCCc3nc(Cc4ccc(F)cc4Cl)no3)c1=O)CC(Cl)=N2. The van der Waals surface area contributed by atoms with E-state index in [1.165, 1.54) is 16.7 Å². The van der Waals surface area contributed by atoms with Gasteiger partial charge in [-0.2, -0.15) is 4.98 Å². The molecule has 0 atom stereocenters. The lowest BCUT2D eigenvalue weighted by Crippen LogP contribution is -2.41. The van der Waals surface area contributed by atoms with Crippen molar-refractivity contribution in [1.29, 1.82) is 0 Å². The van der Waals surface area contributed by atoms with E-state index in [0.29, 0.717) is 64.7 Å². The highest BCUT2D eigenvalue weighted by atomic mass is 35.5. The summed E-state index contributed by atoms with van der Waals surface area (Å²) in [5.41, 5.74) is 0.400. The van der Waals surface area contributed by atoms with Gasteiger partial charge in [0, 0.05) is 37.4 Å². The number of rotatable bonds is 10. The van der Waals surface area contributed by atoms with Crippen molar-refractivity contribution in [2.75, 3.05) is 0 Å². The Labute approximate surface area is 205 Å². The Morgan fingerprint density at radius 2 is 1.91 bits per heavy atom. The van der Waals surface area contributed by atoms with Crippen LogP contribution in [0.15, 0.2) is 37.3 Å². The number of aryl methyl sites for hydroxylation is 1. The van der Waals surface area contributed by atoms with E-state index in [1.807, 2.05) is 0 Å². The summed E-state index contributed by atoms with van der Waals surface area (Å²) in [4.78, 5) is 34.6. The Morgan fingerprint density at radius 1 is 1.12 bits per heavy atom. The maximum atomic E-state index is 13.2. The number of hydrogen-bond acceptors (Lipinski definition) is 6. The molecule has 0 N–H and O–H groups in total. The van der Waals surface area contributed by atoms with Gasteiger partial charge in [-0.15, -0.1) is 0 Å². The molecular weight excluding hydrogens is 484 g/mol. The third-order valence-corrected chi connectivity index (χ3v) is 6.24. The lowest BCUT2D eigenvalue weighted by atomic mass is 10.1. The molecule has 0 unspecified atom stereocenters. The maximum absolute atomic E-state index is 13.2. The van der Waals surface area contributed by atoms with Gasteiger partial charge in [0.2, 0.25) is 5.89 Å². The molecule has 0 saturated carbocycles. The van der Waals surface area contributed by atoms with Crippen LogP contribution in [0.4, 0.5) is 10.2 Å². The van der Waals surface area contributed by atoms with Gasteiger partial charge in [-0.3, -0.25) is 13.9 Å². The maximum Gasteiger partial charge on any atom is 0.332 e. The summed E-state index contributed by atoms with van der Waals surface area (Å²) in [7, 11) is 0. The fourth-order valence-corrected chi connectivity index (χ4v) is 4.38. The minimum atomic E-state index is -0.414. The first-order valence-corrected chi connectivity index (χ1v) is 12.0. The molecule has 2 aromatic heterocycles. The Morgan fingerprint density at radius 3 is 2.68 bits per heavy atom. The van der Waals surface area contributed by atoms with Crippen molar-refractivity contribution in [2.24, 2.45) is 4.99 Å². The third-order valence-electron chi connectivity index (χ3n) is 5.67. The summed E-state index contributed by atoms with van der Waals surface area (Å²) < 4.78 is 21.3. The van der Waals surface area contributed by atoms with E-state index >= 15 is 0 Å². The fourth-order valence-electron chi connectivity index (χ4n) is 3.93. The predicted molar refractivity (Wildman–Crippen MR) is 128 cm³/mol. The second kappa shape index (κ2) is 10.7. The van der Waals surface area contributed by atoms with Crippen LogP contribution in [0.2, 0.25) is 5.02 Å². The van der Waals surface area contributed by atoms with Crippen molar-refractivity contribution in [1.82, 2.24) is 19.3 Å². The third kappa shape index (κ3) is 5.31. The summed E-state index contributed by atoms with van der Waals surface area (Å²) in [6.07, 6.45) is 4.19. The number of aliphatic imine (C=N–C) groups is 1. The van der Waals surface area contributed by atoms with Crippen molar-refractivity contribution in [3.8, 4) is 0 Å². The largest absolute Gasteiger partial charge is 0.339 e. The molecule has 0 spiro atoms. The molecule has 0 bridgehead atoms. The van der Waals surface area contributed by atoms with Gasteiger partial charge in [0.1, 0.15) is 16.8 Å². The van der Waals surface area contributed by atoms with Gasteiger partial charge >= 0.3 is 5.69 Å². The van der Waals surface area contributed by atoms with E-state index in [4.69, 9.17) is 27.7 Å². The van der Waals surface area contributed by atoms with Gasteiger partial charge < -0.3 is 4.52 Å². The summed E-state index contributed by atoms with van der Waals surface area (Å²) in [6.45, 7) is 2.78. The van der Waals surface area contributed by atoms with E-state index in [0.717, 1.165) is 19.3 Å². The number of hydrogen-bond donors (Lipinski definition) is 0. The zero-order chi connectivity index (χ0) is 24.2. The van der Waals surface area contributed by atoms with Gasteiger partial charge in [0.15, 0.2) is 5.82 Å². The zero-order valence-electron chi connectivity index (χ0n) is 18.7. The molecule has 4 rings (SSSR count). The van der Waals surface area contributed by atoms with Crippen molar-refractivity contribution in [3.63, 3.8) is 0 Å². The summed E-state index contributed by atoms with van der Waals surface area (Å²) in [6, 6.07) is 4.14. The number of halogens is 3. The van der Waals surface area contributed by atoms with Crippen molar-refractivity contribution < 1.29 is 8.91 Å². The Bertz CT molecular complexity index is 1350. The average Bonchev–Trinajstić information content (AvgIpc) is 3.41.